The first kappa shape index (κ1) is 40.3. The van der Waals surface area contributed by atoms with Crippen LogP contribution in [-0.4, -0.2) is 101 Å². The molecule has 2 aliphatic heterocycles. The summed E-state index contributed by atoms with van der Waals surface area (Å²) in [5, 5.41) is 31.2. The first-order valence-electron chi connectivity index (χ1n) is 12.5. The number of anilines is 1. The number of alkyl halides is 6. The van der Waals surface area contributed by atoms with Crippen molar-refractivity contribution in [2.45, 2.75) is 36.4 Å². The molecule has 0 bridgehead atoms. The van der Waals surface area contributed by atoms with Gasteiger partial charge >= 0.3 is 36.2 Å². The van der Waals surface area contributed by atoms with Crippen molar-refractivity contribution in [1.29, 1.82) is 0 Å². The molecule has 0 aromatic carbocycles. The van der Waals surface area contributed by atoms with Crippen LogP contribution in [0.1, 0.15) is 18.2 Å². The third-order valence-electron chi connectivity index (χ3n) is 5.29. The molecule has 4 heterocycles. The van der Waals surface area contributed by atoms with Gasteiger partial charge in [-0.3, -0.25) is 19.5 Å². The Labute approximate surface area is 281 Å². The van der Waals surface area contributed by atoms with Crippen molar-refractivity contribution in [3.05, 3.63) is 51.8 Å². The van der Waals surface area contributed by atoms with Crippen LogP contribution in [0.15, 0.2) is 45.7 Å². The van der Waals surface area contributed by atoms with Gasteiger partial charge in [-0.15, -0.1) is 34.9 Å². The number of fused-ring (bicyclic) bond motifs is 1. The van der Waals surface area contributed by atoms with Gasteiger partial charge in [0, 0.05) is 41.1 Å². The topological polar surface area (TPSA) is 252 Å². The molecule has 266 valence electrons. The molecule has 4 rings (SSSR count). The summed E-state index contributed by atoms with van der Waals surface area (Å²) in [6, 6.07) is 2.68. The molecule has 0 spiro atoms. The molecule has 16 nitrogen and oxygen atoms in total. The first-order valence-corrected chi connectivity index (χ1v) is 15.4. The van der Waals surface area contributed by atoms with Crippen LogP contribution in [0.4, 0.5) is 31.5 Å². The van der Waals surface area contributed by atoms with Crippen molar-refractivity contribution in [1.82, 2.24) is 20.2 Å². The lowest BCUT2D eigenvalue weighted by molar-refractivity contribution is -0.193. The fourth-order valence-electron chi connectivity index (χ4n) is 3.28. The highest BCUT2D eigenvalue weighted by molar-refractivity contribution is 8.05. The Morgan fingerprint density at radius 2 is 1.71 bits per heavy atom. The van der Waals surface area contributed by atoms with Gasteiger partial charge in [-0.05, 0) is 11.6 Å². The number of thiazole rings is 1. The Bertz CT molecular complexity index is 1630. The molecule has 1 fully saturated rings. The van der Waals surface area contributed by atoms with Crippen molar-refractivity contribution in [2.24, 2.45) is 5.16 Å². The molecule has 0 radical (unpaired) electrons. The van der Waals surface area contributed by atoms with Gasteiger partial charge in [0.15, 0.2) is 10.8 Å². The maximum absolute atomic E-state index is 12.9. The Hall–Kier alpha value is -4.91. The fourth-order valence-corrected chi connectivity index (χ4v) is 6.39. The number of aromatic nitrogens is 2. The molecule has 2 aromatic rings. The van der Waals surface area contributed by atoms with Crippen molar-refractivity contribution >= 4 is 81.4 Å². The van der Waals surface area contributed by atoms with Crippen LogP contribution in [0, 0.1) is 0 Å². The second kappa shape index (κ2) is 17.0. The number of oxime groups is 1. The highest BCUT2D eigenvalue weighted by atomic mass is 32.2. The molecule has 1 saturated heterocycles. The number of hydrogen-bond acceptors (Lipinski definition) is 14. The second-order valence-electron chi connectivity index (χ2n) is 8.79. The number of carboxylic acids is 3. The van der Waals surface area contributed by atoms with E-state index in [-0.39, 0.29) is 22.2 Å². The Balaban J connectivity index is 0.000000500. The van der Waals surface area contributed by atoms with Crippen molar-refractivity contribution < 1.29 is 75.3 Å². The molecular weight excluding hydrogens is 742 g/mol. The van der Waals surface area contributed by atoms with E-state index < -0.39 is 59.5 Å². The molecular formula is C24H20F6N6O10S3. The lowest BCUT2D eigenvalue weighted by Crippen LogP contribution is -2.71. The number of β-lactam (4-membered cyclic amide) rings is 1. The predicted molar refractivity (Wildman–Crippen MR) is 157 cm³/mol. The third-order valence-corrected chi connectivity index (χ3v) is 8.59. The second-order valence-corrected chi connectivity index (χ2v) is 11.9. The molecule has 0 unspecified atom stereocenters. The van der Waals surface area contributed by atoms with Crippen LogP contribution >= 0.6 is 34.9 Å². The standard InChI is InChI=1S/C20H18N6O6S3.2C2HF3O2/c1-9(27)32-25-13(11-7-35-20(21)23-11)16(28)24-14-17(29)26-15(19(30)31)12(8-34-18(14)26)33-6-10-3-2-4-22-5-10;2*3-2(4,5)1(6)7/h2-5,7,14,18H,6,8H2,1H3,(H2,21,23)(H,24,28)(H,30,31);2*(H,6,7)/b25-13+;;/t14-,18-;;/m1../s1. The van der Waals surface area contributed by atoms with E-state index in [4.69, 9.17) is 25.5 Å². The highest BCUT2D eigenvalue weighted by Crippen LogP contribution is 2.44. The number of nitrogens with two attached hydrogens (primary N) is 1. The van der Waals surface area contributed by atoms with E-state index in [1.165, 1.54) is 33.8 Å². The van der Waals surface area contributed by atoms with Gasteiger partial charge in [0.2, 0.25) is 0 Å². The summed E-state index contributed by atoms with van der Waals surface area (Å²) >= 11 is 3.72. The number of carbonyl (C=O) groups excluding carboxylic acids is 3. The van der Waals surface area contributed by atoms with Crippen molar-refractivity contribution in [2.75, 3.05) is 11.5 Å². The summed E-state index contributed by atoms with van der Waals surface area (Å²) < 4.78 is 63.5. The van der Waals surface area contributed by atoms with E-state index in [0.29, 0.717) is 16.4 Å². The first-order chi connectivity index (χ1) is 22.6. The van der Waals surface area contributed by atoms with Crippen LogP contribution in [0.5, 0.6) is 0 Å². The van der Waals surface area contributed by atoms with Gasteiger partial charge in [-0.25, -0.2) is 24.2 Å². The normalized spacial score (nSPS) is 17.2. The van der Waals surface area contributed by atoms with Gasteiger partial charge in [-0.2, -0.15) is 26.3 Å². The minimum Gasteiger partial charge on any atom is -0.477 e. The zero-order chi connectivity index (χ0) is 37.3. The summed E-state index contributed by atoms with van der Waals surface area (Å²) in [4.78, 5) is 81.2. The predicted octanol–water partition coefficient (Wildman–Crippen LogP) is 2.28. The largest absolute Gasteiger partial charge is 0.490 e. The number of nitrogens with one attached hydrogen (secondary N) is 1. The zero-order valence-electron chi connectivity index (χ0n) is 24.0. The van der Waals surface area contributed by atoms with E-state index in [9.17, 15) is 50.6 Å². The lowest BCUT2D eigenvalue weighted by Gasteiger charge is -2.49. The van der Waals surface area contributed by atoms with E-state index in [1.54, 1.807) is 18.5 Å². The fraction of sp³-hybridized carbons (Fsp3) is 0.292. The molecule has 2 atom stereocenters. The number of hydrogen-bond donors (Lipinski definition) is 5. The van der Waals surface area contributed by atoms with Gasteiger partial charge in [0.05, 0.1) is 0 Å². The molecule has 0 aliphatic carbocycles. The quantitative estimate of drug-likeness (QED) is 0.0851. The number of rotatable bonds is 8. The molecule has 0 saturated carbocycles. The smallest absolute Gasteiger partial charge is 0.477 e. The Morgan fingerprint density at radius 1 is 1.12 bits per heavy atom. The molecule has 2 aliphatic rings. The van der Waals surface area contributed by atoms with Gasteiger partial charge in [0.25, 0.3) is 11.8 Å². The zero-order valence-corrected chi connectivity index (χ0v) is 26.5. The summed E-state index contributed by atoms with van der Waals surface area (Å²) in [6.07, 6.45) is -6.83. The molecule has 25 heteroatoms. The van der Waals surface area contributed by atoms with Crippen molar-refractivity contribution in [3.8, 4) is 0 Å². The number of nitrogen functional groups attached to an aromatic ring is 1. The van der Waals surface area contributed by atoms with Gasteiger partial charge in [-0.1, -0.05) is 11.2 Å². The average molecular weight is 763 g/mol. The van der Waals surface area contributed by atoms with Crippen LogP contribution in [-0.2, 0) is 39.4 Å². The minimum atomic E-state index is -5.08. The van der Waals surface area contributed by atoms with E-state index in [2.05, 4.69) is 25.3 Å². The number of nitrogens with zero attached hydrogens (tertiary/aromatic N) is 4. The Morgan fingerprint density at radius 3 is 2.16 bits per heavy atom. The summed E-state index contributed by atoms with van der Waals surface area (Å²) in [5.41, 5.74) is 6.19. The Kier molecular flexibility index (Phi) is 13.9. The number of halogens is 6. The molecule has 6 N–H and O–H groups in total. The SMILES string of the molecule is CC(=O)O/N=C(/C(=O)N[C@@H]1C(=O)N2C(C(=O)O)=C(SCc3cccnc3)CS[C@H]12)c1csc(N)n1.O=C(O)C(F)(F)F.O=C(O)C(F)(F)F. The van der Waals surface area contributed by atoms with Crippen LogP contribution in [0.2, 0.25) is 0 Å². The van der Waals surface area contributed by atoms with Crippen molar-refractivity contribution in [3.63, 3.8) is 0 Å². The lowest BCUT2D eigenvalue weighted by atomic mass is 10.0. The minimum absolute atomic E-state index is 0.0754. The van der Waals surface area contributed by atoms with Gasteiger partial charge in [0.1, 0.15) is 22.8 Å². The summed E-state index contributed by atoms with van der Waals surface area (Å²) in [6.45, 7) is 1.12. The van der Waals surface area contributed by atoms with E-state index in [0.717, 1.165) is 23.8 Å². The number of carboxylic acid groups (broad SMARTS) is 3. The number of aliphatic carboxylic acids is 3. The molecule has 2 amide bonds. The van der Waals surface area contributed by atoms with Crippen LogP contribution in [0.25, 0.3) is 0 Å². The average Bonchev–Trinajstić information content (AvgIpc) is 3.43. The number of pyridine rings is 1. The summed E-state index contributed by atoms with van der Waals surface area (Å²) in [7, 11) is 0. The number of amides is 2. The third kappa shape index (κ3) is 11.6. The maximum Gasteiger partial charge on any atom is 0.490 e. The summed E-state index contributed by atoms with van der Waals surface area (Å²) in [5.74, 6) is -8.02. The van der Waals surface area contributed by atoms with E-state index >= 15 is 0 Å². The van der Waals surface area contributed by atoms with Gasteiger partial charge < -0.3 is 31.2 Å². The molecule has 2 aromatic heterocycles. The highest BCUT2D eigenvalue weighted by Gasteiger charge is 2.54. The molecule has 49 heavy (non-hydrogen) atoms. The monoisotopic (exact) mass is 762 g/mol. The van der Waals surface area contributed by atoms with Crippen LogP contribution in [0.3, 0.4) is 0 Å². The number of carbonyl (C=O) groups is 6. The number of thioether (sulfide) groups is 2. The van der Waals surface area contributed by atoms with E-state index in [1.807, 2.05) is 6.07 Å². The maximum atomic E-state index is 12.9. The van der Waals surface area contributed by atoms with Crippen LogP contribution < -0.4 is 11.1 Å².